The van der Waals surface area contributed by atoms with Gasteiger partial charge in [0.05, 0.1) is 11.4 Å². The molecular weight excluding hydrogens is 263 g/mol. The molecule has 0 saturated heterocycles. The van der Waals surface area contributed by atoms with Gasteiger partial charge in [-0.2, -0.15) is 5.10 Å². The Labute approximate surface area is 114 Å². The Bertz CT molecular complexity index is 795. The number of hydrogen-bond acceptors (Lipinski definition) is 2. The summed E-state index contributed by atoms with van der Waals surface area (Å²) < 4.78 is 17.4. The van der Waals surface area contributed by atoms with Crippen molar-refractivity contribution in [3.63, 3.8) is 0 Å². The van der Waals surface area contributed by atoms with Crippen molar-refractivity contribution in [3.8, 4) is 5.69 Å². The monoisotopic (exact) mass is 276 g/mol. The second-order valence-electron chi connectivity index (χ2n) is 4.34. The van der Waals surface area contributed by atoms with Crippen LogP contribution in [0.25, 0.3) is 16.9 Å². The molecule has 0 unspecified atom stereocenters. The van der Waals surface area contributed by atoms with Gasteiger partial charge in [-0.1, -0.05) is 0 Å². The first kappa shape index (κ1) is 12.1. The lowest BCUT2D eigenvalue weighted by atomic mass is 10.3. The number of aromatic amines is 1. The van der Waals surface area contributed by atoms with Crippen LogP contribution in [0.2, 0.25) is 0 Å². The highest BCUT2D eigenvalue weighted by Crippen LogP contribution is 2.22. The molecule has 3 rings (SSSR count). The molecule has 1 N–H and O–H groups in total. The molecule has 0 bridgehead atoms. The summed E-state index contributed by atoms with van der Waals surface area (Å²) in [6.45, 7) is 4.71. The minimum atomic E-state index is -0.262. The molecule has 0 amide bonds. The molecule has 0 atom stereocenters. The first-order valence-corrected chi connectivity index (χ1v) is 6.46. The molecule has 98 valence electrons. The van der Waals surface area contributed by atoms with Crippen LogP contribution in [0.3, 0.4) is 0 Å². The summed E-state index contributed by atoms with van der Waals surface area (Å²) in [5.74, 6) is -0.262. The van der Waals surface area contributed by atoms with Crippen molar-refractivity contribution < 1.29 is 4.39 Å². The summed E-state index contributed by atoms with van der Waals surface area (Å²) >= 11 is 5.36. The zero-order chi connectivity index (χ0) is 13.6. The molecule has 0 radical (unpaired) electrons. The van der Waals surface area contributed by atoms with E-state index in [2.05, 4.69) is 10.1 Å². The number of nitrogens with one attached hydrogen (secondary N) is 1. The average Bonchev–Trinajstić information content (AvgIpc) is 2.88. The van der Waals surface area contributed by atoms with E-state index in [1.54, 1.807) is 12.1 Å². The molecule has 0 aliphatic carbocycles. The predicted octanol–water partition coefficient (Wildman–Crippen LogP) is 3.35. The number of rotatable bonds is 2. The largest absolute Gasteiger partial charge is 0.327 e. The van der Waals surface area contributed by atoms with Gasteiger partial charge in [-0.15, -0.1) is 0 Å². The smallest absolute Gasteiger partial charge is 0.184 e. The number of benzene rings is 1. The molecular formula is C13H13FN4S. The van der Waals surface area contributed by atoms with Crippen molar-refractivity contribution in [3.05, 3.63) is 40.5 Å². The molecule has 0 aliphatic heterocycles. The molecule has 19 heavy (non-hydrogen) atoms. The van der Waals surface area contributed by atoms with Crippen molar-refractivity contribution in [2.75, 3.05) is 0 Å². The maximum Gasteiger partial charge on any atom is 0.184 e. The van der Waals surface area contributed by atoms with Gasteiger partial charge < -0.3 is 4.98 Å². The van der Waals surface area contributed by atoms with Crippen LogP contribution < -0.4 is 0 Å². The fourth-order valence-electron chi connectivity index (χ4n) is 2.25. The lowest BCUT2D eigenvalue weighted by molar-refractivity contribution is 0.627. The SMILES string of the molecule is CCn1nc(C)c2[nH]c(=S)n(-c3ccc(F)cc3)c21. The summed E-state index contributed by atoms with van der Waals surface area (Å²) in [7, 11) is 0. The van der Waals surface area contributed by atoms with Gasteiger partial charge in [0.1, 0.15) is 11.3 Å². The summed E-state index contributed by atoms with van der Waals surface area (Å²) in [5.41, 5.74) is 3.57. The van der Waals surface area contributed by atoms with E-state index in [4.69, 9.17) is 12.2 Å². The molecule has 0 fully saturated rings. The van der Waals surface area contributed by atoms with Crippen LogP contribution in [0.15, 0.2) is 24.3 Å². The number of aromatic nitrogens is 4. The number of H-pyrrole nitrogens is 1. The maximum absolute atomic E-state index is 13.0. The Morgan fingerprint density at radius 1 is 1.32 bits per heavy atom. The van der Waals surface area contributed by atoms with E-state index in [0.29, 0.717) is 4.77 Å². The van der Waals surface area contributed by atoms with E-state index < -0.39 is 0 Å². The van der Waals surface area contributed by atoms with Crippen molar-refractivity contribution in [2.24, 2.45) is 0 Å². The summed E-state index contributed by atoms with van der Waals surface area (Å²) in [6.07, 6.45) is 0. The van der Waals surface area contributed by atoms with E-state index in [-0.39, 0.29) is 5.82 Å². The van der Waals surface area contributed by atoms with Gasteiger partial charge in [-0.05, 0) is 50.3 Å². The Balaban J connectivity index is 2.36. The highest BCUT2D eigenvalue weighted by atomic mass is 32.1. The van der Waals surface area contributed by atoms with Crippen molar-refractivity contribution >= 4 is 23.4 Å². The minimum Gasteiger partial charge on any atom is -0.327 e. The Kier molecular flexibility index (Phi) is 2.74. The molecule has 4 nitrogen and oxygen atoms in total. The van der Waals surface area contributed by atoms with Crippen LogP contribution >= 0.6 is 12.2 Å². The quantitative estimate of drug-likeness (QED) is 0.729. The lowest BCUT2D eigenvalue weighted by Gasteiger charge is -2.05. The number of aryl methyl sites for hydroxylation is 2. The number of hydrogen-bond donors (Lipinski definition) is 1. The van der Waals surface area contributed by atoms with Crippen LogP contribution in [-0.4, -0.2) is 19.3 Å². The van der Waals surface area contributed by atoms with Gasteiger partial charge in [-0.3, -0.25) is 4.57 Å². The topological polar surface area (TPSA) is 38.5 Å². The third kappa shape index (κ3) is 1.79. The molecule has 0 saturated carbocycles. The van der Waals surface area contributed by atoms with Gasteiger partial charge in [0.2, 0.25) is 0 Å². The molecule has 3 aromatic rings. The normalized spacial score (nSPS) is 11.3. The average molecular weight is 276 g/mol. The Morgan fingerprint density at radius 3 is 2.63 bits per heavy atom. The highest BCUT2D eigenvalue weighted by Gasteiger charge is 2.14. The maximum atomic E-state index is 13.0. The predicted molar refractivity (Wildman–Crippen MR) is 74.6 cm³/mol. The van der Waals surface area contributed by atoms with Gasteiger partial charge in [0, 0.05) is 6.54 Å². The van der Waals surface area contributed by atoms with Crippen LogP contribution in [0.4, 0.5) is 4.39 Å². The summed E-state index contributed by atoms with van der Waals surface area (Å²) in [6, 6.07) is 6.27. The van der Waals surface area contributed by atoms with Gasteiger partial charge in [-0.25, -0.2) is 9.07 Å². The Morgan fingerprint density at radius 2 is 2.00 bits per heavy atom. The van der Waals surface area contributed by atoms with Crippen molar-refractivity contribution in [1.82, 2.24) is 19.3 Å². The number of fused-ring (bicyclic) bond motifs is 1. The molecule has 2 aromatic heterocycles. The van der Waals surface area contributed by atoms with E-state index in [9.17, 15) is 4.39 Å². The van der Waals surface area contributed by atoms with E-state index in [1.165, 1.54) is 12.1 Å². The molecule has 2 heterocycles. The second kappa shape index (κ2) is 4.31. The van der Waals surface area contributed by atoms with Crippen LogP contribution in [-0.2, 0) is 6.54 Å². The van der Waals surface area contributed by atoms with Gasteiger partial charge in [0.25, 0.3) is 0 Å². The number of nitrogens with zero attached hydrogens (tertiary/aromatic N) is 3. The van der Waals surface area contributed by atoms with Gasteiger partial charge in [0.15, 0.2) is 10.4 Å². The van der Waals surface area contributed by atoms with Crippen LogP contribution in [0.1, 0.15) is 12.6 Å². The summed E-state index contributed by atoms with van der Waals surface area (Å²) in [4.78, 5) is 3.16. The van der Waals surface area contributed by atoms with Crippen molar-refractivity contribution in [2.45, 2.75) is 20.4 Å². The lowest BCUT2D eigenvalue weighted by Crippen LogP contribution is -2.03. The standard InChI is InChI=1S/C13H13FN4S/c1-3-17-12-11(8(2)16-17)15-13(19)18(12)10-6-4-9(14)5-7-10/h4-7H,3H2,1-2H3,(H,15,19). The van der Waals surface area contributed by atoms with E-state index in [0.717, 1.165) is 29.1 Å². The zero-order valence-electron chi connectivity index (χ0n) is 10.6. The molecule has 0 aliphatic rings. The summed E-state index contributed by atoms with van der Waals surface area (Å²) in [5, 5.41) is 4.46. The minimum absolute atomic E-state index is 0.262. The number of imidazole rings is 1. The second-order valence-corrected chi connectivity index (χ2v) is 4.73. The molecule has 0 spiro atoms. The molecule has 6 heteroatoms. The first-order chi connectivity index (χ1) is 9.11. The van der Waals surface area contributed by atoms with E-state index >= 15 is 0 Å². The highest BCUT2D eigenvalue weighted by molar-refractivity contribution is 7.71. The third-order valence-electron chi connectivity index (χ3n) is 3.13. The van der Waals surface area contributed by atoms with Crippen LogP contribution in [0, 0.1) is 17.5 Å². The zero-order valence-corrected chi connectivity index (χ0v) is 11.5. The van der Waals surface area contributed by atoms with Gasteiger partial charge >= 0.3 is 0 Å². The first-order valence-electron chi connectivity index (χ1n) is 6.06. The van der Waals surface area contributed by atoms with Crippen LogP contribution in [0.5, 0.6) is 0 Å². The molecule has 1 aromatic carbocycles. The van der Waals surface area contributed by atoms with E-state index in [1.807, 2.05) is 23.1 Å². The Hall–Kier alpha value is -1.95. The fourth-order valence-corrected chi connectivity index (χ4v) is 2.55. The number of halogens is 1. The fraction of sp³-hybridized carbons (Fsp3) is 0.231. The van der Waals surface area contributed by atoms with Crippen molar-refractivity contribution in [1.29, 1.82) is 0 Å². The third-order valence-corrected chi connectivity index (χ3v) is 3.42.